The van der Waals surface area contributed by atoms with Gasteiger partial charge in [0.2, 0.25) is 0 Å². The van der Waals surface area contributed by atoms with Crippen molar-refractivity contribution in [2.75, 3.05) is 12.0 Å². The van der Waals surface area contributed by atoms with Crippen molar-refractivity contribution in [3.8, 4) is 17.1 Å². The zero-order valence-electron chi connectivity index (χ0n) is 17.5. The first-order chi connectivity index (χ1) is 16.0. The summed E-state index contributed by atoms with van der Waals surface area (Å²) in [5.74, 6) is 1.60. The molecular weight excluding hydrogens is 461 g/mol. The summed E-state index contributed by atoms with van der Waals surface area (Å²) in [5.41, 5.74) is 2.40. The number of halogens is 2. The summed E-state index contributed by atoms with van der Waals surface area (Å²) in [5, 5.41) is 4.38. The van der Waals surface area contributed by atoms with Gasteiger partial charge in [-0.05, 0) is 78.9 Å². The number of nitrogens with one attached hydrogen (secondary N) is 1. The number of hydrogen-bond acceptors (Lipinski definition) is 4. The van der Waals surface area contributed by atoms with Crippen molar-refractivity contribution < 1.29 is 13.5 Å². The molecule has 0 spiro atoms. The zero-order valence-corrected chi connectivity index (χ0v) is 19.1. The van der Waals surface area contributed by atoms with Crippen molar-refractivity contribution in [1.82, 2.24) is 10.3 Å². The molecule has 1 aliphatic heterocycles. The van der Waals surface area contributed by atoms with Crippen LogP contribution in [0.15, 0.2) is 83.4 Å². The van der Waals surface area contributed by atoms with Crippen LogP contribution < -0.4 is 15.0 Å². The van der Waals surface area contributed by atoms with Gasteiger partial charge in [-0.25, -0.2) is 4.39 Å². The van der Waals surface area contributed by atoms with Crippen molar-refractivity contribution in [1.29, 1.82) is 0 Å². The topological polar surface area (TPSA) is 50.5 Å². The first kappa shape index (κ1) is 21.4. The maximum Gasteiger partial charge on any atom is 0.174 e. The van der Waals surface area contributed by atoms with Gasteiger partial charge in [0, 0.05) is 17.4 Å². The summed E-state index contributed by atoms with van der Waals surface area (Å²) < 4.78 is 24.9. The van der Waals surface area contributed by atoms with E-state index >= 15 is 0 Å². The summed E-state index contributed by atoms with van der Waals surface area (Å²) in [7, 11) is 1.57. The molecule has 5 nitrogen and oxygen atoms in total. The van der Waals surface area contributed by atoms with Crippen LogP contribution in [0.25, 0.3) is 11.3 Å². The molecule has 0 radical (unpaired) electrons. The Balaban J connectivity index is 1.59. The molecule has 2 aromatic heterocycles. The molecule has 0 unspecified atom stereocenters. The van der Waals surface area contributed by atoms with Gasteiger partial charge in [0.25, 0.3) is 0 Å². The van der Waals surface area contributed by atoms with Gasteiger partial charge in [0.15, 0.2) is 5.11 Å². The van der Waals surface area contributed by atoms with Crippen LogP contribution in [0.2, 0.25) is 5.02 Å². The summed E-state index contributed by atoms with van der Waals surface area (Å²) in [4.78, 5) is 6.51. The molecule has 1 aliphatic rings. The van der Waals surface area contributed by atoms with E-state index in [1.165, 1.54) is 12.1 Å². The van der Waals surface area contributed by atoms with Gasteiger partial charge in [0.05, 0.1) is 23.9 Å². The van der Waals surface area contributed by atoms with Gasteiger partial charge >= 0.3 is 0 Å². The molecule has 2 atom stereocenters. The molecule has 4 aromatic rings. The molecule has 1 fully saturated rings. The van der Waals surface area contributed by atoms with Crippen LogP contribution >= 0.6 is 23.8 Å². The lowest BCUT2D eigenvalue weighted by molar-refractivity contribution is 0.415. The Hall–Kier alpha value is -3.42. The van der Waals surface area contributed by atoms with Crippen molar-refractivity contribution in [3.63, 3.8) is 0 Å². The molecule has 0 aliphatic carbocycles. The van der Waals surface area contributed by atoms with E-state index in [0.29, 0.717) is 27.4 Å². The number of anilines is 1. The molecule has 1 saturated heterocycles. The molecule has 0 amide bonds. The molecule has 2 aromatic carbocycles. The van der Waals surface area contributed by atoms with Gasteiger partial charge < -0.3 is 19.4 Å². The SMILES string of the molecule is COc1ccc(N2C(=S)N[C@@H](c3ccccn3)[C@H]2c2ccc(-c3ccc(F)cc3)o2)cc1Cl. The Labute approximate surface area is 200 Å². The van der Waals surface area contributed by atoms with Crippen molar-refractivity contribution in [2.45, 2.75) is 12.1 Å². The van der Waals surface area contributed by atoms with E-state index in [0.717, 1.165) is 16.9 Å². The monoisotopic (exact) mass is 479 g/mol. The van der Waals surface area contributed by atoms with Crippen molar-refractivity contribution in [2.24, 2.45) is 0 Å². The van der Waals surface area contributed by atoms with Gasteiger partial charge in [-0.2, -0.15) is 0 Å². The molecule has 5 rings (SSSR count). The molecule has 33 heavy (non-hydrogen) atoms. The Morgan fingerprint density at radius 2 is 1.91 bits per heavy atom. The third-order valence-corrected chi connectivity index (χ3v) is 6.17. The minimum atomic E-state index is -0.328. The standard InChI is InChI=1S/C25H19ClFN3O2S/c1-31-21-10-9-17(14-18(21)26)30-24(23(29-25(30)33)19-4-2-3-13-28-19)22-12-11-20(32-22)15-5-7-16(27)8-6-15/h2-14,23-24H,1H3,(H,29,33)/t23-,24+/m0/s1. The summed E-state index contributed by atoms with van der Waals surface area (Å²) >= 11 is 12.1. The molecule has 1 N–H and O–H groups in total. The van der Waals surface area contributed by atoms with E-state index in [-0.39, 0.29) is 17.9 Å². The number of thiocarbonyl (C=S) groups is 1. The van der Waals surface area contributed by atoms with E-state index in [9.17, 15) is 4.39 Å². The zero-order chi connectivity index (χ0) is 22.9. The highest BCUT2D eigenvalue weighted by Gasteiger charge is 2.42. The fourth-order valence-corrected chi connectivity index (χ4v) is 4.61. The normalized spacial score (nSPS) is 17.8. The number of rotatable bonds is 5. The Kier molecular flexibility index (Phi) is 5.74. The molecule has 8 heteroatoms. The Bertz CT molecular complexity index is 1300. The van der Waals surface area contributed by atoms with Crippen LogP contribution in [0.1, 0.15) is 23.5 Å². The first-order valence-electron chi connectivity index (χ1n) is 10.2. The lowest BCUT2D eigenvalue weighted by Gasteiger charge is -2.26. The lowest BCUT2D eigenvalue weighted by atomic mass is 10.0. The summed E-state index contributed by atoms with van der Waals surface area (Å²) in [6.07, 6.45) is 1.75. The van der Waals surface area contributed by atoms with Crippen molar-refractivity contribution >= 4 is 34.6 Å². The Morgan fingerprint density at radius 3 is 2.61 bits per heavy atom. The van der Waals surface area contributed by atoms with Crippen molar-refractivity contribution in [3.05, 3.63) is 101 Å². The van der Waals surface area contributed by atoms with Gasteiger partial charge in [-0.1, -0.05) is 17.7 Å². The van der Waals surface area contributed by atoms with Crippen LogP contribution in [-0.2, 0) is 0 Å². The number of methoxy groups -OCH3 is 1. The highest BCUT2D eigenvalue weighted by Crippen LogP contribution is 2.44. The fraction of sp³-hybridized carbons (Fsp3) is 0.120. The smallest absolute Gasteiger partial charge is 0.174 e. The summed E-state index contributed by atoms with van der Waals surface area (Å²) in [6.45, 7) is 0. The van der Waals surface area contributed by atoms with E-state index in [1.807, 2.05) is 47.4 Å². The third kappa shape index (κ3) is 4.05. The largest absolute Gasteiger partial charge is 0.495 e. The van der Waals surface area contributed by atoms with Gasteiger partial charge in [0.1, 0.15) is 29.1 Å². The summed E-state index contributed by atoms with van der Waals surface area (Å²) in [6, 6.07) is 20.7. The predicted octanol–water partition coefficient (Wildman–Crippen LogP) is 6.32. The van der Waals surface area contributed by atoms with E-state index in [2.05, 4.69) is 10.3 Å². The molecule has 0 saturated carbocycles. The highest BCUT2D eigenvalue weighted by molar-refractivity contribution is 7.80. The fourth-order valence-electron chi connectivity index (χ4n) is 4.01. The van der Waals surface area contributed by atoms with Crippen LogP contribution in [0.5, 0.6) is 5.75 Å². The second-order valence-electron chi connectivity index (χ2n) is 7.52. The lowest BCUT2D eigenvalue weighted by Crippen LogP contribution is -2.29. The number of hydrogen-bond donors (Lipinski definition) is 1. The number of aromatic nitrogens is 1. The Morgan fingerprint density at radius 1 is 1.09 bits per heavy atom. The van der Waals surface area contributed by atoms with Crippen LogP contribution in [0, 0.1) is 5.82 Å². The average molecular weight is 480 g/mol. The molecule has 166 valence electrons. The van der Waals surface area contributed by atoms with Crippen LogP contribution in [0.4, 0.5) is 10.1 Å². The van der Waals surface area contributed by atoms with Crippen LogP contribution in [0.3, 0.4) is 0 Å². The second-order valence-corrected chi connectivity index (χ2v) is 8.32. The second kappa shape index (κ2) is 8.84. The number of nitrogens with zero attached hydrogens (tertiary/aromatic N) is 2. The predicted molar refractivity (Wildman–Crippen MR) is 130 cm³/mol. The van der Waals surface area contributed by atoms with E-state index in [4.69, 9.17) is 33.0 Å². The minimum absolute atomic E-state index is 0.258. The van der Waals surface area contributed by atoms with Crippen LogP contribution in [-0.4, -0.2) is 17.2 Å². The number of furan rings is 1. The first-order valence-corrected chi connectivity index (χ1v) is 11.0. The molecule has 0 bridgehead atoms. The van der Waals surface area contributed by atoms with Gasteiger partial charge in [-0.15, -0.1) is 0 Å². The third-order valence-electron chi connectivity index (χ3n) is 5.56. The highest BCUT2D eigenvalue weighted by atomic mass is 35.5. The molecular formula is C25H19ClFN3O2S. The van der Waals surface area contributed by atoms with Gasteiger partial charge in [-0.3, -0.25) is 4.98 Å². The maximum atomic E-state index is 13.4. The van der Waals surface area contributed by atoms with E-state index < -0.39 is 0 Å². The number of benzene rings is 2. The molecule has 3 heterocycles. The number of pyridine rings is 1. The number of ether oxygens (including phenoxy) is 1. The maximum absolute atomic E-state index is 13.4. The minimum Gasteiger partial charge on any atom is -0.495 e. The van der Waals surface area contributed by atoms with E-state index in [1.54, 1.807) is 31.5 Å². The average Bonchev–Trinajstić information content (AvgIpc) is 3.44. The quantitative estimate of drug-likeness (QED) is 0.338.